The summed E-state index contributed by atoms with van der Waals surface area (Å²) < 4.78 is 0. The standard InChI is InChI=1S/C11H15N3O/c1-12-10-6-9(4-5-13-10)11(15)14-7-8-2-3-8/h4-6,8H,2-3,7H2,1H3,(H,12,13)(H,14,15). The van der Waals surface area contributed by atoms with Crippen LogP contribution in [0.5, 0.6) is 0 Å². The van der Waals surface area contributed by atoms with Gasteiger partial charge in [-0.25, -0.2) is 4.98 Å². The summed E-state index contributed by atoms with van der Waals surface area (Å²) in [6.07, 6.45) is 4.13. The fourth-order valence-electron chi connectivity index (χ4n) is 1.37. The number of nitrogens with one attached hydrogen (secondary N) is 2. The number of hydrogen-bond donors (Lipinski definition) is 2. The van der Waals surface area contributed by atoms with Crippen LogP contribution in [0.25, 0.3) is 0 Å². The van der Waals surface area contributed by atoms with Gasteiger partial charge in [0.1, 0.15) is 5.82 Å². The molecule has 1 aromatic heterocycles. The molecule has 0 unspecified atom stereocenters. The molecule has 1 aromatic rings. The highest BCUT2D eigenvalue weighted by atomic mass is 16.1. The smallest absolute Gasteiger partial charge is 0.251 e. The molecule has 0 saturated heterocycles. The molecule has 1 heterocycles. The van der Waals surface area contributed by atoms with Crippen LogP contribution in [0, 0.1) is 5.92 Å². The first kappa shape index (κ1) is 9.96. The Balaban J connectivity index is 1.96. The summed E-state index contributed by atoms with van der Waals surface area (Å²) >= 11 is 0. The molecule has 0 bridgehead atoms. The van der Waals surface area contributed by atoms with Crippen LogP contribution in [0.3, 0.4) is 0 Å². The van der Waals surface area contributed by atoms with Gasteiger partial charge in [0.05, 0.1) is 0 Å². The number of hydrogen-bond acceptors (Lipinski definition) is 3. The van der Waals surface area contributed by atoms with E-state index in [1.807, 2.05) is 0 Å². The number of anilines is 1. The van der Waals surface area contributed by atoms with E-state index in [1.165, 1.54) is 12.8 Å². The second kappa shape index (κ2) is 4.29. The van der Waals surface area contributed by atoms with Crippen LogP contribution >= 0.6 is 0 Å². The molecular formula is C11H15N3O. The van der Waals surface area contributed by atoms with Crippen molar-refractivity contribution >= 4 is 11.7 Å². The highest BCUT2D eigenvalue weighted by molar-refractivity contribution is 5.94. The Kier molecular flexibility index (Phi) is 2.85. The molecule has 0 spiro atoms. The van der Waals surface area contributed by atoms with E-state index >= 15 is 0 Å². The van der Waals surface area contributed by atoms with Crippen molar-refractivity contribution in [2.75, 3.05) is 18.9 Å². The van der Waals surface area contributed by atoms with Crippen molar-refractivity contribution < 1.29 is 4.79 Å². The maximum atomic E-state index is 11.7. The lowest BCUT2D eigenvalue weighted by molar-refractivity contribution is 0.0952. The van der Waals surface area contributed by atoms with E-state index in [0.29, 0.717) is 17.3 Å². The Morgan fingerprint density at radius 1 is 1.60 bits per heavy atom. The first-order valence-electron chi connectivity index (χ1n) is 5.21. The summed E-state index contributed by atoms with van der Waals surface area (Å²) in [4.78, 5) is 15.7. The van der Waals surface area contributed by atoms with Crippen molar-refractivity contribution in [1.82, 2.24) is 10.3 Å². The van der Waals surface area contributed by atoms with E-state index in [1.54, 1.807) is 25.4 Å². The van der Waals surface area contributed by atoms with Gasteiger partial charge in [-0.15, -0.1) is 0 Å². The lowest BCUT2D eigenvalue weighted by Gasteiger charge is -2.05. The molecule has 0 atom stereocenters. The number of aromatic nitrogens is 1. The van der Waals surface area contributed by atoms with Crippen molar-refractivity contribution in [3.05, 3.63) is 23.9 Å². The van der Waals surface area contributed by atoms with Crippen LogP contribution in [0.4, 0.5) is 5.82 Å². The van der Waals surface area contributed by atoms with Gasteiger partial charge >= 0.3 is 0 Å². The largest absolute Gasteiger partial charge is 0.373 e. The van der Waals surface area contributed by atoms with Crippen molar-refractivity contribution in [3.8, 4) is 0 Å². The maximum Gasteiger partial charge on any atom is 0.251 e. The molecule has 0 aliphatic heterocycles. The second-order valence-electron chi connectivity index (χ2n) is 3.83. The molecule has 4 heteroatoms. The average molecular weight is 205 g/mol. The molecular weight excluding hydrogens is 190 g/mol. The molecule has 1 aliphatic carbocycles. The number of pyridine rings is 1. The zero-order valence-electron chi connectivity index (χ0n) is 8.79. The minimum atomic E-state index is -0.0131. The maximum absolute atomic E-state index is 11.7. The molecule has 4 nitrogen and oxygen atoms in total. The molecule has 1 aliphatic rings. The Labute approximate surface area is 89.1 Å². The van der Waals surface area contributed by atoms with E-state index in [-0.39, 0.29) is 5.91 Å². The normalized spacial score (nSPS) is 14.7. The van der Waals surface area contributed by atoms with Crippen LogP contribution in [-0.2, 0) is 0 Å². The molecule has 1 saturated carbocycles. The summed E-state index contributed by atoms with van der Waals surface area (Å²) in [7, 11) is 1.79. The van der Waals surface area contributed by atoms with Gasteiger partial charge in [0.2, 0.25) is 0 Å². The predicted molar refractivity (Wildman–Crippen MR) is 58.8 cm³/mol. The quantitative estimate of drug-likeness (QED) is 0.778. The third-order valence-corrected chi connectivity index (χ3v) is 2.53. The minimum Gasteiger partial charge on any atom is -0.373 e. The Hall–Kier alpha value is -1.58. The van der Waals surface area contributed by atoms with E-state index in [9.17, 15) is 4.79 Å². The van der Waals surface area contributed by atoms with E-state index in [4.69, 9.17) is 0 Å². The van der Waals surface area contributed by atoms with Gasteiger partial charge in [0, 0.05) is 25.4 Å². The van der Waals surface area contributed by atoms with Gasteiger partial charge in [-0.05, 0) is 30.9 Å². The van der Waals surface area contributed by atoms with Crippen molar-refractivity contribution in [3.63, 3.8) is 0 Å². The predicted octanol–water partition coefficient (Wildman–Crippen LogP) is 1.26. The number of carbonyl (C=O) groups excluding carboxylic acids is 1. The second-order valence-corrected chi connectivity index (χ2v) is 3.83. The van der Waals surface area contributed by atoms with Gasteiger partial charge in [0.15, 0.2) is 0 Å². The monoisotopic (exact) mass is 205 g/mol. The van der Waals surface area contributed by atoms with Gasteiger partial charge < -0.3 is 10.6 Å². The van der Waals surface area contributed by atoms with E-state index < -0.39 is 0 Å². The fourth-order valence-corrected chi connectivity index (χ4v) is 1.37. The highest BCUT2D eigenvalue weighted by Gasteiger charge is 2.21. The molecule has 1 amide bonds. The Bertz CT molecular complexity index is 361. The third kappa shape index (κ3) is 2.68. The van der Waals surface area contributed by atoms with Crippen LogP contribution in [0.1, 0.15) is 23.2 Å². The van der Waals surface area contributed by atoms with Crippen molar-refractivity contribution in [1.29, 1.82) is 0 Å². The fraction of sp³-hybridized carbons (Fsp3) is 0.455. The lowest BCUT2D eigenvalue weighted by atomic mass is 10.2. The van der Waals surface area contributed by atoms with Gasteiger partial charge in [0.25, 0.3) is 5.91 Å². The molecule has 0 aromatic carbocycles. The van der Waals surface area contributed by atoms with Crippen LogP contribution in [-0.4, -0.2) is 24.5 Å². The summed E-state index contributed by atoms with van der Waals surface area (Å²) in [5.74, 6) is 1.41. The Morgan fingerprint density at radius 2 is 2.40 bits per heavy atom. The zero-order chi connectivity index (χ0) is 10.7. The summed E-state index contributed by atoms with van der Waals surface area (Å²) in [5, 5.41) is 5.83. The van der Waals surface area contributed by atoms with Crippen LogP contribution in [0.15, 0.2) is 18.3 Å². The van der Waals surface area contributed by atoms with Crippen molar-refractivity contribution in [2.24, 2.45) is 5.92 Å². The van der Waals surface area contributed by atoms with Gasteiger partial charge in [-0.1, -0.05) is 0 Å². The van der Waals surface area contributed by atoms with E-state index in [2.05, 4.69) is 15.6 Å². The first-order valence-corrected chi connectivity index (χ1v) is 5.21. The summed E-state index contributed by atoms with van der Waals surface area (Å²) in [5.41, 5.74) is 0.662. The molecule has 2 N–H and O–H groups in total. The van der Waals surface area contributed by atoms with Crippen LogP contribution < -0.4 is 10.6 Å². The zero-order valence-corrected chi connectivity index (χ0v) is 8.79. The summed E-state index contributed by atoms with van der Waals surface area (Å²) in [6.45, 7) is 0.802. The first-order chi connectivity index (χ1) is 7.29. The third-order valence-electron chi connectivity index (χ3n) is 2.53. The van der Waals surface area contributed by atoms with Gasteiger partial charge in [-0.3, -0.25) is 4.79 Å². The summed E-state index contributed by atoms with van der Waals surface area (Å²) in [6, 6.07) is 3.48. The van der Waals surface area contributed by atoms with E-state index in [0.717, 1.165) is 6.54 Å². The number of nitrogens with zero attached hydrogens (tertiary/aromatic N) is 1. The molecule has 2 rings (SSSR count). The minimum absolute atomic E-state index is 0.0131. The van der Waals surface area contributed by atoms with Crippen molar-refractivity contribution in [2.45, 2.75) is 12.8 Å². The number of rotatable bonds is 4. The number of carbonyl (C=O) groups is 1. The number of amides is 1. The SMILES string of the molecule is CNc1cc(C(=O)NCC2CC2)ccn1. The average Bonchev–Trinajstić information content (AvgIpc) is 3.10. The molecule has 0 radical (unpaired) electrons. The highest BCUT2D eigenvalue weighted by Crippen LogP contribution is 2.27. The van der Waals surface area contributed by atoms with Crippen LogP contribution in [0.2, 0.25) is 0 Å². The molecule has 80 valence electrons. The lowest BCUT2D eigenvalue weighted by Crippen LogP contribution is -2.25. The molecule has 15 heavy (non-hydrogen) atoms. The Morgan fingerprint density at radius 3 is 3.07 bits per heavy atom. The topological polar surface area (TPSA) is 54.0 Å². The van der Waals surface area contributed by atoms with Gasteiger partial charge in [-0.2, -0.15) is 0 Å². The molecule has 1 fully saturated rings.